The van der Waals surface area contributed by atoms with Crippen molar-refractivity contribution < 1.29 is 9.53 Å². The number of aromatic nitrogens is 1. The molecule has 0 spiro atoms. The zero-order chi connectivity index (χ0) is 12.0. The molecule has 0 aliphatic carbocycles. The van der Waals surface area contributed by atoms with E-state index in [0.717, 1.165) is 5.01 Å². The summed E-state index contributed by atoms with van der Waals surface area (Å²) in [5.74, 6) is 2.08. The Hall–Kier alpha value is -1.38. The van der Waals surface area contributed by atoms with Crippen molar-refractivity contribution in [3.63, 3.8) is 0 Å². The first-order valence-corrected chi connectivity index (χ1v) is 5.82. The number of carbonyl (C=O) groups is 1. The van der Waals surface area contributed by atoms with Gasteiger partial charge in [-0.25, -0.2) is 9.78 Å². The maximum absolute atomic E-state index is 11.7. The number of rotatable bonds is 5. The van der Waals surface area contributed by atoms with E-state index in [4.69, 9.17) is 11.2 Å². The van der Waals surface area contributed by atoms with Crippen molar-refractivity contribution in [2.24, 2.45) is 0 Å². The molecule has 0 aliphatic rings. The lowest BCUT2D eigenvalue weighted by atomic mass is 10.2. The molecule has 1 atom stereocenters. The van der Waals surface area contributed by atoms with E-state index < -0.39 is 6.04 Å². The van der Waals surface area contributed by atoms with Gasteiger partial charge in [-0.1, -0.05) is 5.92 Å². The molecular formula is C11H14N2O2S. The lowest BCUT2D eigenvalue weighted by Crippen LogP contribution is -2.30. The highest BCUT2D eigenvalue weighted by atomic mass is 32.1. The van der Waals surface area contributed by atoms with Crippen LogP contribution in [-0.2, 0) is 9.53 Å². The first-order valence-electron chi connectivity index (χ1n) is 4.94. The number of esters is 1. The number of nitrogens with one attached hydrogen (secondary N) is 1. The molecule has 1 heterocycles. The molecule has 4 nitrogen and oxygen atoms in total. The normalized spacial score (nSPS) is 11.8. The summed E-state index contributed by atoms with van der Waals surface area (Å²) in [4.78, 5) is 15.9. The zero-order valence-corrected chi connectivity index (χ0v) is 10.1. The maximum atomic E-state index is 11.7. The van der Waals surface area contributed by atoms with Crippen LogP contribution in [0.1, 0.15) is 23.7 Å². The summed E-state index contributed by atoms with van der Waals surface area (Å²) < 4.78 is 4.96. The third kappa shape index (κ3) is 3.33. The minimum atomic E-state index is -0.569. The Kier molecular flexibility index (Phi) is 4.96. The molecule has 1 aromatic heterocycles. The highest BCUT2D eigenvalue weighted by Gasteiger charge is 2.23. The van der Waals surface area contributed by atoms with E-state index in [1.54, 1.807) is 6.92 Å². The van der Waals surface area contributed by atoms with Crippen LogP contribution in [0.15, 0.2) is 5.38 Å². The quantitative estimate of drug-likeness (QED) is 0.620. The van der Waals surface area contributed by atoms with Gasteiger partial charge in [-0.15, -0.1) is 17.8 Å². The third-order valence-corrected chi connectivity index (χ3v) is 2.65. The number of terminal acetylenes is 1. The van der Waals surface area contributed by atoms with Crippen molar-refractivity contribution in [1.29, 1.82) is 0 Å². The Labute approximate surface area is 99.0 Å². The van der Waals surface area contributed by atoms with Crippen LogP contribution in [0.5, 0.6) is 0 Å². The molecule has 0 saturated carbocycles. The second-order valence-electron chi connectivity index (χ2n) is 3.06. The molecule has 1 N–H and O–H groups in total. The molecule has 0 fully saturated rings. The van der Waals surface area contributed by atoms with Gasteiger partial charge in [0, 0.05) is 5.38 Å². The highest BCUT2D eigenvalue weighted by Crippen LogP contribution is 2.17. The van der Waals surface area contributed by atoms with Gasteiger partial charge >= 0.3 is 5.97 Å². The van der Waals surface area contributed by atoms with Crippen molar-refractivity contribution in [2.45, 2.75) is 19.9 Å². The summed E-state index contributed by atoms with van der Waals surface area (Å²) in [6, 6.07) is -0.569. The Morgan fingerprint density at radius 2 is 2.56 bits per heavy atom. The fourth-order valence-corrected chi connectivity index (χ4v) is 1.85. The minimum Gasteiger partial charge on any atom is -0.465 e. The largest absolute Gasteiger partial charge is 0.465 e. The molecule has 16 heavy (non-hydrogen) atoms. The van der Waals surface area contributed by atoms with Crippen molar-refractivity contribution in [3.05, 3.63) is 16.1 Å². The third-order valence-electron chi connectivity index (χ3n) is 1.86. The predicted molar refractivity (Wildman–Crippen MR) is 63.1 cm³/mol. The van der Waals surface area contributed by atoms with E-state index in [1.165, 1.54) is 11.3 Å². The summed E-state index contributed by atoms with van der Waals surface area (Å²) in [6.07, 6.45) is 5.15. The summed E-state index contributed by atoms with van der Waals surface area (Å²) in [7, 11) is 0. The fourth-order valence-electron chi connectivity index (χ4n) is 1.21. The predicted octanol–water partition coefficient (Wildman–Crippen LogP) is 1.28. The maximum Gasteiger partial charge on any atom is 0.329 e. The van der Waals surface area contributed by atoms with E-state index in [-0.39, 0.29) is 5.97 Å². The molecule has 0 saturated heterocycles. The molecule has 0 aromatic carbocycles. The Morgan fingerprint density at radius 3 is 3.06 bits per heavy atom. The Balaban J connectivity index is 2.79. The zero-order valence-electron chi connectivity index (χ0n) is 9.32. The van der Waals surface area contributed by atoms with Crippen LogP contribution < -0.4 is 5.32 Å². The van der Waals surface area contributed by atoms with E-state index in [0.29, 0.717) is 18.8 Å². The average Bonchev–Trinajstić information content (AvgIpc) is 2.66. The van der Waals surface area contributed by atoms with Crippen LogP contribution in [0.4, 0.5) is 0 Å². The number of carbonyl (C=O) groups excluding carboxylic acids is 1. The van der Waals surface area contributed by atoms with Crippen LogP contribution in [0.2, 0.25) is 0 Å². The number of hydrogen-bond acceptors (Lipinski definition) is 5. The number of hydrogen-bond donors (Lipinski definition) is 1. The van der Waals surface area contributed by atoms with Gasteiger partial charge in [-0.05, 0) is 13.8 Å². The Bertz CT molecular complexity index is 395. The fraction of sp³-hybridized carbons (Fsp3) is 0.455. The second kappa shape index (κ2) is 6.26. The van der Waals surface area contributed by atoms with E-state index >= 15 is 0 Å². The lowest BCUT2D eigenvalue weighted by molar-refractivity contribution is -0.145. The van der Waals surface area contributed by atoms with Crippen LogP contribution in [-0.4, -0.2) is 24.1 Å². The van der Waals surface area contributed by atoms with Gasteiger partial charge in [0.2, 0.25) is 0 Å². The van der Waals surface area contributed by atoms with Gasteiger partial charge in [0.1, 0.15) is 0 Å². The smallest absolute Gasteiger partial charge is 0.329 e. The average molecular weight is 238 g/mol. The number of nitrogens with zero attached hydrogens (tertiary/aromatic N) is 1. The van der Waals surface area contributed by atoms with Gasteiger partial charge in [-0.3, -0.25) is 5.32 Å². The molecule has 0 aliphatic heterocycles. The number of aryl methyl sites for hydroxylation is 1. The minimum absolute atomic E-state index is 0.306. The summed E-state index contributed by atoms with van der Waals surface area (Å²) >= 11 is 1.49. The molecule has 0 amide bonds. The molecule has 5 heteroatoms. The standard InChI is InChI=1S/C11H14N2O2S/c1-4-6-12-10(11(14)15-5-2)9-7-16-8(3)13-9/h1,7,10,12H,5-6H2,2-3H3. The summed E-state index contributed by atoms with van der Waals surface area (Å²) in [5, 5.41) is 5.66. The first kappa shape index (κ1) is 12.7. The van der Waals surface area contributed by atoms with Crippen molar-refractivity contribution in [2.75, 3.05) is 13.2 Å². The molecule has 1 aromatic rings. The molecule has 1 rings (SSSR count). The van der Waals surface area contributed by atoms with Gasteiger partial charge in [0.05, 0.1) is 23.9 Å². The van der Waals surface area contributed by atoms with Crippen LogP contribution in [0, 0.1) is 19.3 Å². The Morgan fingerprint density at radius 1 is 1.81 bits per heavy atom. The summed E-state index contributed by atoms with van der Waals surface area (Å²) in [5.41, 5.74) is 0.663. The van der Waals surface area contributed by atoms with Crippen LogP contribution in [0.3, 0.4) is 0 Å². The molecular weight excluding hydrogens is 224 g/mol. The second-order valence-corrected chi connectivity index (χ2v) is 4.12. The molecule has 1 unspecified atom stereocenters. The highest BCUT2D eigenvalue weighted by molar-refractivity contribution is 7.09. The van der Waals surface area contributed by atoms with Gasteiger partial charge in [0.15, 0.2) is 6.04 Å². The molecule has 0 bridgehead atoms. The topological polar surface area (TPSA) is 51.2 Å². The first-order chi connectivity index (χ1) is 7.69. The molecule has 0 radical (unpaired) electrons. The van der Waals surface area contributed by atoms with Gasteiger partial charge in [0.25, 0.3) is 0 Å². The molecule has 86 valence electrons. The van der Waals surface area contributed by atoms with E-state index in [9.17, 15) is 4.79 Å². The van der Waals surface area contributed by atoms with Crippen molar-refractivity contribution >= 4 is 17.3 Å². The van der Waals surface area contributed by atoms with Gasteiger partial charge < -0.3 is 4.74 Å². The number of ether oxygens (including phenoxy) is 1. The van der Waals surface area contributed by atoms with Gasteiger partial charge in [-0.2, -0.15) is 0 Å². The van der Waals surface area contributed by atoms with Crippen molar-refractivity contribution in [3.8, 4) is 12.3 Å². The van der Waals surface area contributed by atoms with E-state index in [1.807, 2.05) is 12.3 Å². The monoisotopic (exact) mass is 238 g/mol. The van der Waals surface area contributed by atoms with Crippen LogP contribution in [0.25, 0.3) is 0 Å². The van der Waals surface area contributed by atoms with E-state index in [2.05, 4.69) is 16.2 Å². The van der Waals surface area contributed by atoms with Crippen LogP contribution >= 0.6 is 11.3 Å². The number of thiazole rings is 1. The SMILES string of the molecule is C#CCNC(C(=O)OCC)c1csc(C)n1. The lowest BCUT2D eigenvalue weighted by Gasteiger charge is -2.13. The summed E-state index contributed by atoms with van der Waals surface area (Å²) in [6.45, 7) is 4.30. The van der Waals surface area contributed by atoms with Crippen molar-refractivity contribution in [1.82, 2.24) is 10.3 Å².